The van der Waals surface area contributed by atoms with E-state index in [1.54, 1.807) is 10.9 Å². The van der Waals surface area contributed by atoms with Crippen molar-refractivity contribution >= 4 is 0 Å². The van der Waals surface area contributed by atoms with E-state index < -0.39 is 6.10 Å². The number of hydrogen-bond acceptors (Lipinski definition) is 3. The summed E-state index contributed by atoms with van der Waals surface area (Å²) in [6.45, 7) is 8.24. The standard InChI is InChI=1S/C13H22N2O2/c1-12(2)8-9(13(3,4)17-12)11(16)10-6-7-14-15(10)5/h6-7,9,11,16H,8H2,1-5H3. The van der Waals surface area contributed by atoms with Crippen molar-refractivity contribution in [1.29, 1.82) is 0 Å². The summed E-state index contributed by atoms with van der Waals surface area (Å²) in [6.07, 6.45) is 2.04. The van der Waals surface area contributed by atoms with Gasteiger partial charge in [-0.2, -0.15) is 5.10 Å². The molecule has 0 aromatic carbocycles. The molecule has 96 valence electrons. The number of aryl methyl sites for hydroxylation is 1. The molecular weight excluding hydrogens is 216 g/mol. The smallest absolute Gasteiger partial charge is 0.101 e. The highest BCUT2D eigenvalue weighted by Gasteiger charge is 2.49. The van der Waals surface area contributed by atoms with Crippen LogP contribution in [0.25, 0.3) is 0 Å². The summed E-state index contributed by atoms with van der Waals surface area (Å²) in [5.74, 6) is 0.0906. The highest BCUT2D eigenvalue weighted by molar-refractivity contribution is 5.10. The van der Waals surface area contributed by atoms with Gasteiger partial charge in [0.15, 0.2) is 0 Å². The monoisotopic (exact) mass is 238 g/mol. The van der Waals surface area contributed by atoms with Gasteiger partial charge in [0, 0.05) is 19.2 Å². The molecule has 0 bridgehead atoms. The average Bonchev–Trinajstić information content (AvgIpc) is 2.66. The van der Waals surface area contributed by atoms with Gasteiger partial charge >= 0.3 is 0 Å². The largest absolute Gasteiger partial charge is 0.386 e. The number of aliphatic hydroxyl groups is 1. The van der Waals surface area contributed by atoms with Crippen molar-refractivity contribution in [1.82, 2.24) is 9.78 Å². The Hall–Kier alpha value is -0.870. The van der Waals surface area contributed by atoms with Crippen LogP contribution in [0.5, 0.6) is 0 Å². The maximum atomic E-state index is 10.5. The SMILES string of the molecule is Cn1nccc1C(O)C1CC(C)(C)OC1(C)C. The molecule has 4 heteroatoms. The molecule has 17 heavy (non-hydrogen) atoms. The Balaban J connectivity index is 2.26. The summed E-state index contributed by atoms with van der Waals surface area (Å²) < 4.78 is 7.75. The number of hydrogen-bond donors (Lipinski definition) is 1. The number of rotatable bonds is 2. The molecule has 0 radical (unpaired) electrons. The van der Waals surface area contributed by atoms with Crippen LogP contribution >= 0.6 is 0 Å². The summed E-state index contributed by atoms with van der Waals surface area (Å²) >= 11 is 0. The third kappa shape index (κ3) is 2.24. The molecule has 0 saturated carbocycles. The molecule has 2 heterocycles. The molecule has 1 N–H and O–H groups in total. The van der Waals surface area contributed by atoms with Crippen LogP contribution in [0, 0.1) is 5.92 Å². The zero-order chi connectivity index (χ0) is 12.8. The topological polar surface area (TPSA) is 47.3 Å². The summed E-state index contributed by atoms with van der Waals surface area (Å²) in [5.41, 5.74) is 0.366. The zero-order valence-electron chi connectivity index (χ0n) is 11.3. The Morgan fingerprint density at radius 1 is 1.47 bits per heavy atom. The fourth-order valence-electron chi connectivity index (χ4n) is 2.98. The zero-order valence-corrected chi connectivity index (χ0v) is 11.3. The quantitative estimate of drug-likeness (QED) is 0.857. The maximum absolute atomic E-state index is 10.5. The van der Waals surface area contributed by atoms with Gasteiger partial charge in [0.1, 0.15) is 6.10 Å². The second-order valence-corrected chi connectivity index (χ2v) is 6.10. The number of aliphatic hydroxyl groups excluding tert-OH is 1. The molecule has 1 saturated heterocycles. The van der Waals surface area contributed by atoms with E-state index >= 15 is 0 Å². The normalized spacial score (nSPS) is 28.2. The number of ether oxygens (including phenoxy) is 1. The molecule has 2 atom stereocenters. The summed E-state index contributed by atoms with van der Waals surface area (Å²) in [4.78, 5) is 0. The first-order valence-electron chi connectivity index (χ1n) is 6.09. The molecule has 1 aliphatic rings. The van der Waals surface area contributed by atoms with E-state index in [1.165, 1.54) is 0 Å². The Morgan fingerprint density at radius 2 is 2.12 bits per heavy atom. The fourth-order valence-corrected chi connectivity index (χ4v) is 2.98. The number of aromatic nitrogens is 2. The van der Waals surface area contributed by atoms with Crippen molar-refractivity contribution in [2.24, 2.45) is 13.0 Å². The van der Waals surface area contributed by atoms with Crippen LogP contribution in [-0.4, -0.2) is 26.1 Å². The third-order valence-electron chi connectivity index (χ3n) is 3.69. The van der Waals surface area contributed by atoms with Crippen LogP contribution in [-0.2, 0) is 11.8 Å². The fraction of sp³-hybridized carbons (Fsp3) is 0.769. The molecule has 0 amide bonds. The summed E-state index contributed by atoms with van der Waals surface area (Å²) in [5, 5.41) is 14.6. The molecule has 1 fully saturated rings. The Morgan fingerprint density at radius 3 is 2.53 bits per heavy atom. The predicted octanol–water partition coefficient (Wildman–Crippen LogP) is 2.05. The average molecular weight is 238 g/mol. The van der Waals surface area contributed by atoms with Crippen LogP contribution in [0.3, 0.4) is 0 Å². The molecule has 2 unspecified atom stereocenters. The van der Waals surface area contributed by atoms with Gasteiger partial charge in [-0.15, -0.1) is 0 Å². The Labute approximate surface area is 103 Å². The van der Waals surface area contributed by atoms with Crippen LogP contribution < -0.4 is 0 Å². The minimum atomic E-state index is -0.528. The van der Waals surface area contributed by atoms with Gasteiger partial charge in [-0.25, -0.2) is 0 Å². The first-order chi connectivity index (χ1) is 7.73. The van der Waals surface area contributed by atoms with Gasteiger partial charge < -0.3 is 9.84 Å². The lowest BCUT2D eigenvalue weighted by Gasteiger charge is -2.30. The van der Waals surface area contributed by atoms with Crippen molar-refractivity contribution in [2.75, 3.05) is 0 Å². The van der Waals surface area contributed by atoms with Crippen molar-refractivity contribution in [3.8, 4) is 0 Å². The number of nitrogens with zero attached hydrogens (tertiary/aromatic N) is 2. The molecule has 2 rings (SSSR count). The lowest BCUT2D eigenvalue weighted by atomic mass is 9.82. The lowest BCUT2D eigenvalue weighted by molar-refractivity contribution is -0.0887. The van der Waals surface area contributed by atoms with E-state index in [9.17, 15) is 5.11 Å². The van der Waals surface area contributed by atoms with Gasteiger partial charge in [-0.1, -0.05) is 0 Å². The molecule has 4 nitrogen and oxygen atoms in total. The van der Waals surface area contributed by atoms with Crippen molar-refractivity contribution in [3.05, 3.63) is 18.0 Å². The van der Waals surface area contributed by atoms with E-state index in [0.29, 0.717) is 0 Å². The molecular formula is C13H22N2O2. The molecule has 1 aromatic rings. The van der Waals surface area contributed by atoms with E-state index in [2.05, 4.69) is 18.9 Å². The second-order valence-electron chi connectivity index (χ2n) is 6.10. The van der Waals surface area contributed by atoms with Gasteiger partial charge in [0.25, 0.3) is 0 Å². The maximum Gasteiger partial charge on any atom is 0.101 e. The highest BCUT2D eigenvalue weighted by atomic mass is 16.5. The first-order valence-corrected chi connectivity index (χ1v) is 6.09. The molecule has 1 aliphatic heterocycles. The van der Waals surface area contributed by atoms with Gasteiger partial charge in [-0.3, -0.25) is 4.68 Å². The van der Waals surface area contributed by atoms with Crippen molar-refractivity contribution < 1.29 is 9.84 Å². The Bertz CT molecular complexity index is 409. The molecule has 1 aromatic heterocycles. The van der Waals surface area contributed by atoms with Crippen molar-refractivity contribution in [2.45, 2.75) is 51.4 Å². The molecule has 0 spiro atoms. The third-order valence-corrected chi connectivity index (χ3v) is 3.69. The van der Waals surface area contributed by atoms with Gasteiger partial charge in [-0.05, 0) is 40.2 Å². The van der Waals surface area contributed by atoms with E-state index in [1.807, 2.05) is 27.0 Å². The van der Waals surface area contributed by atoms with Crippen molar-refractivity contribution in [3.63, 3.8) is 0 Å². The lowest BCUT2D eigenvalue weighted by Crippen LogP contribution is -2.33. The Kier molecular flexibility index (Phi) is 2.83. The first kappa shape index (κ1) is 12.6. The highest BCUT2D eigenvalue weighted by Crippen LogP contribution is 2.47. The van der Waals surface area contributed by atoms with E-state index in [-0.39, 0.29) is 17.1 Å². The minimum absolute atomic E-state index is 0.0906. The van der Waals surface area contributed by atoms with Crippen LogP contribution in [0.2, 0.25) is 0 Å². The minimum Gasteiger partial charge on any atom is -0.386 e. The summed E-state index contributed by atoms with van der Waals surface area (Å²) in [6, 6.07) is 1.87. The van der Waals surface area contributed by atoms with Gasteiger partial charge in [0.05, 0.1) is 16.9 Å². The predicted molar refractivity (Wildman–Crippen MR) is 65.5 cm³/mol. The van der Waals surface area contributed by atoms with E-state index in [0.717, 1.165) is 12.1 Å². The van der Waals surface area contributed by atoms with Crippen LogP contribution in [0.4, 0.5) is 0 Å². The second kappa shape index (κ2) is 3.82. The van der Waals surface area contributed by atoms with Gasteiger partial charge in [0.2, 0.25) is 0 Å². The van der Waals surface area contributed by atoms with Crippen LogP contribution in [0.15, 0.2) is 12.3 Å². The summed E-state index contributed by atoms with van der Waals surface area (Å²) in [7, 11) is 1.85. The molecule has 0 aliphatic carbocycles. The van der Waals surface area contributed by atoms with E-state index in [4.69, 9.17) is 4.74 Å². The van der Waals surface area contributed by atoms with Crippen LogP contribution in [0.1, 0.15) is 45.9 Å².